The molecule has 0 aliphatic carbocycles. The molecule has 1 aromatic heterocycles. The van der Waals surface area contributed by atoms with Crippen molar-refractivity contribution < 1.29 is 8.42 Å². The molecule has 6 heteroatoms. The number of aryl methyl sites for hydroxylation is 2. The fraction of sp³-hybridized carbons (Fsp3) is 0.188. The largest absolute Gasteiger partial charge is 0.331 e. The molecule has 0 atom stereocenters. The number of rotatable bonds is 4. The number of benzene rings is 2. The third-order valence-electron chi connectivity index (χ3n) is 3.58. The molecule has 22 heavy (non-hydrogen) atoms. The van der Waals surface area contributed by atoms with E-state index >= 15 is 0 Å². The van der Waals surface area contributed by atoms with E-state index in [0.717, 1.165) is 22.4 Å². The Bertz CT molecular complexity index is 915. The number of nitrogens with one attached hydrogen (secondary N) is 1. The Balaban J connectivity index is 1.86. The number of hydrogen-bond donors (Lipinski definition) is 1. The highest BCUT2D eigenvalue weighted by Crippen LogP contribution is 2.20. The van der Waals surface area contributed by atoms with Gasteiger partial charge in [-0.2, -0.15) is 0 Å². The van der Waals surface area contributed by atoms with Gasteiger partial charge in [-0.05, 0) is 30.7 Å². The van der Waals surface area contributed by atoms with Gasteiger partial charge < -0.3 is 4.57 Å². The molecule has 114 valence electrons. The third-order valence-corrected chi connectivity index (χ3v) is 4.84. The van der Waals surface area contributed by atoms with Crippen LogP contribution in [0.1, 0.15) is 11.4 Å². The van der Waals surface area contributed by atoms with E-state index in [4.69, 9.17) is 0 Å². The summed E-state index contributed by atoms with van der Waals surface area (Å²) in [6, 6.07) is 14.5. The van der Waals surface area contributed by atoms with E-state index in [1.807, 2.05) is 42.8 Å². The van der Waals surface area contributed by atoms with Crippen molar-refractivity contribution in [2.24, 2.45) is 7.05 Å². The van der Waals surface area contributed by atoms with Crippen LogP contribution in [-0.2, 0) is 22.8 Å². The first-order chi connectivity index (χ1) is 10.4. The molecule has 1 heterocycles. The highest BCUT2D eigenvalue weighted by atomic mass is 32.2. The second-order valence-electron chi connectivity index (χ2n) is 5.27. The Hall–Kier alpha value is -2.34. The van der Waals surface area contributed by atoms with E-state index in [0.29, 0.717) is 5.69 Å². The van der Waals surface area contributed by atoms with Crippen LogP contribution >= 0.6 is 0 Å². The van der Waals surface area contributed by atoms with E-state index < -0.39 is 10.0 Å². The fourth-order valence-corrected chi connectivity index (χ4v) is 3.58. The van der Waals surface area contributed by atoms with Gasteiger partial charge in [0.25, 0.3) is 0 Å². The van der Waals surface area contributed by atoms with Gasteiger partial charge in [0.2, 0.25) is 10.0 Å². The van der Waals surface area contributed by atoms with Crippen molar-refractivity contribution in [3.05, 3.63) is 59.9 Å². The standard InChI is InChI=1S/C16H17N3O2S/c1-12-17-15-10-14(8-9-16(15)19(12)2)18-22(20,21)11-13-6-4-3-5-7-13/h3-10,18H,11H2,1-2H3. The van der Waals surface area contributed by atoms with Gasteiger partial charge in [-0.1, -0.05) is 30.3 Å². The number of hydrogen-bond acceptors (Lipinski definition) is 3. The van der Waals surface area contributed by atoms with Crippen LogP contribution in [0.15, 0.2) is 48.5 Å². The molecule has 0 aliphatic rings. The van der Waals surface area contributed by atoms with Gasteiger partial charge in [0, 0.05) is 7.05 Å². The Labute approximate surface area is 129 Å². The molecule has 0 spiro atoms. The summed E-state index contributed by atoms with van der Waals surface area (Å²) in [6.07, 6.45) is 0. The normalized spacial score (nSPS) is 11.7. The van der Waals surface area contributed by atoms with Crippen molar-refractivity contribution in [1.82, 2.24) is 9.55 Å². The molecule has 0 bridgehead atoms. The van der Waals surface area contributed by atoms with Crippen LogP contribution in [0.2, 0.25) is 0 Å². The molecule has 3 aromatic rings. The highest BCUT2D eigenvalue weighted by Gasteiger charge is 2.13. The van der Waals surface area contributed by atoms with Crippen LogP contribution in [0.3, 0.4) is 0 Å². The topological polar surface area (TPSA) is 64.0 Å². The molecule has 0 aliphatic heterocycles. The van der Waals surface area contributed by atoms with Gasteiger partial charge in [-0.15, -0.1) is 0 Å². The molecule has 0 saturated heterocycles. The van der Waals surface area contributed by atoms with Crippen molar-refractivity contribution in [3.63, 3.8) is 0 Å². The quantitative estimate of drug-likeness (QED) is 0.805. The minimum Gasteiger partial charge on any atom is -0.331 e. The number of nitrogens with zero attached hydrogens (tertiary/aromatic N) is 2. The zero-order valence-corrected chi connectivity index (χ0v) is 13.3. The van der Waals surface area contributed by atoms with Crippen LogP contribution in [0, 0.1) is 6.92 Å². The molecule has 5 nitrogen and oxygen atoms in total. The first-order valence-electron chi connectivity index (χ1n) is 6.92. The molecule has 2 aromatic carbocycles. The summed E-state index contributed by atoms with van der Waals surface area (Å²) in [7, 11) is -1.51. The molecule has 0 amide bonds. The monoisotopic (exact) mass is 315 g/mol. The van der Waals surface area contributed by atoms with Gasteiger partial charge in [0.1, 0.15) is 5.82 Å². The van der Waals surface area contributed by atoms with Crippen LogP contribution in [0.25, 0.3) is 11.0 Å². The van der Waals surface area contributed by atoms with Gasteiger partial charge in [0.05, 0.1) is 22.5 Å². The summed E-state index contributed by atoms with van der Waals surface area (Å²) in [5.74, 6) is 0.840. The first-order valence-corrected chi connectivity index (χ1v) is 8.57. The molecule has 0 radical (unpaired) electrons. The van der Waals surface area contributed by atoms with E-state index in [-0.39, 0.29) is 5.75 Å². The number of sulfonamides is 1. The average molecular weight is 315 g/mol. The predicted molar refractivity (Wildman–Crippen MR) is 88.1 cm³/mol. The number of imidazole rings is 1. The Morgan fingerprint density at radius 3 is 2.59 bits per heavy atom. The summed E-state index contributed by atoms with van der Waals surface area (Å²) in [5, 5.41) is 0. The Kier molecular flexibility index (Phi) is 3.62. The van der Waals surface area contributed by atoms with Crippen molar-refractivity contribution >= 4 is 26.7 Å². The van der Waals surface area contributed by atoms with Gasteiger partial charge in [0.15, 0.2) is 0 Å². The van der Waals surface area contributed by atoms with Gasteiger partial charge >= 0.3 is 0 Å². The minimum absolute atomic E-state index is 0.0485. The van der Waals surface area contributed by atoms with E-state index in [1.54, 1.807) is 24.3 Å². The second-order valence-corrected chi connectivity index (χ2v) is 6.99. The summed E-state index contributed by atoms with van der Waals surface area (Å²) in [4.78, 5) is 4.42. The predicted octanol–water partition coefficient (Wildman–Crippen LogP) is 2.82. The summed E-state index contributed by atoms with van der Waals surface area (Å²) < 4.78 is 29.1. The molecule has 0 fully saturated rings. The van der Waals surface area contributed by atoms with E-state index in [1.165, 1.54) is 0 Å². The maximum absolute atomic E-state index is 12.2. The lowest BCUT2D eigenvalue weighted by Gasteiger charge is -2.08. The molecular formula is C16H17N3O2S. The van der Waals surface area contributed by atoms with Crippen molar-refractivity contribution in [2.75, 3.05) is 4.72 Å². The summed E-state index contributed by atoms with van der Waals surface area (Å²) in [5.41, 5.74) is 3.04. The Morgan fingerprint density at radius 2 is 1.86 bits per heavy atom. The number of aromatic nitrogens is 2. The number of fused-ring (bicyclic) bond motifs is 1. The second kappa shape index (κ2) is 5.46. The molecular weight excluding hydrogens is 298 g/mol. The van der Waals surface area contributed by atoms with Crippen molar-refractivity contribution in [2.45, 2.75) is 12.7 Å². The molecule has 0 unspecified atom stereocenters. The van der Waals surface area contributed by atoms with Crippen molar-refractivity contribution in [1.29, 1.82) is 0 Å². The average Bonchev–Trinajstić information content (AvgIpc) is 2.73. The third kappa shape index (κ3) is 2.96. The Morgan fingerprint density at radius 1 is 1.14 bits per heavy atom. The lowest BCUT2D eigenvalue weighted by atomic mass is 10.2. The minimum atomic E-state index is -3.44. The van der Waals surface area contributed by atoms with Gasteiger partial charge in [-0.3, -0.25) is 4.72 Å². The molecule has 1 N–H and O–H groups in total. The maximum atomic E-state index is 12.2. The highest BCUT2D eigenvalue weighted by molar-refractivity contribution is 7.91. The number of anilines is 1. The first kappa shape index (κ1) is 14.6. The SMILES string of the molecule is Cc1nc2cc(NS(=O)(=O)Cc3ccccc3)ccc2n1C. The zero-order valence-electron chi connectivity index (χ0n) is 12.4. The zero-order chi connectivity index (χ0) is 15.7. The van der Waals surface area contributed by atoms with Crippen LogP contribution < -0.4 is 4.72 Å². The smallest absolute Gasteiger partial charge is 0.236 e. The van der Waals surface area contributed by atoms with Crippen molar-refractivity contribution in [3.8, 4) is 0 Å². The van der Waals surface area contributed by atoms with Gasteiger partial charge in [-0.25, -0.2) is 13.4 Å². The van der Waals surface area contributed by atoms with Crippen LogP contribution in [0.5, 0.6) is 0 Å². The lowest BCUT2D eigenvalue weighted by Crippen LogP contribution is -2.15. The lowest BCUT2D eigenvalue weighted by molar-refractivity contribution is 0.600. The fourth-order valence-electron chi connectivity index (χ4n) is 2.39. The van der Waals surface area contributed by atoms with Crippen LogP contribution in [0.4, 0.5) is 5.69 Å². The summed E-state index contributed by atoms with van der Waals surface area (Å²) >= 11 is 0. The molecule has 0 saturated carbocycles. The molecule has 3 rings (SSSR count). The van der Waals surface area contributed by atoms with E-state index in [2.05, 4.69) is 9.71 Å². The maximum Gasteiger partial charge on any atom is 0.236 e. The van der Waals surface area contributed by atoms with Crippen LogP contribution in [-0.4, -0.2) is 18.0 Å². The summed E-state index contributed by atoms with van der Waals surface area (Å²) in [6.45, 7) is 1.92. The van der Waals surface area contributed by atoms with E-state index in [9.17, 15) is 8.42 Å².